The van der Waals surface area contributed by atoms with Gasteiger partial charge in [-0.05, 0) is 19.9 Å². The van der Waals surface area contributed by atoms with Crippen LogP contribution in [-0.2, 0) is 23.1 Å². The van der Waals surface area contributed by atoms with Crippen molar-refractivity contribution in [3.05, 3.63) is 17.5 Å². The molecular weight excluding hydrogens is 256 g/mol. The Morgan fingerprint density at radius 2 is 2.35 bits per heavy atom. The van der Waals surface area contributed by atoms with Crippen LogP contribution < -0.4 is 10.6 Å². The van der Waals surface area contributed by atoms with Crippen molar-refractivity contribution >= 4 is 5.91 Å². The maximum absolute atomic E-state index is 12.3. The molecule has 112 valence electrons. The van der Waals surface area contributed by atoms with Gasteiger partial charge < -0.3 is 15.4 Å². The fourth-order valence-electron chi connectivity index (χ4n) is 2.48. The average Bonchev–Trinajstić information content (AvgIpc) is 3.00. The van der Waals surface area contributed by atoms with Crippen molar-refractivity contribution in [3.8, 4) is 0 Å². The van der Waals surface area contributed by atoms with Crippen molar-refractivity contribution in [2.75, 3.05) is 19.8 Å². The number of amides is 1. The zero-order valence-corrected chi connectivity index (χ0v) is 12.5. The standard InChI is InChI=1S/C14H24N4O2/c1-4-5-15-13-9-20-8-12(13)14(19)16-6-11-7-18(3)17-10(11)2/h7,12-13,15H,4-6,8-9H2,1-3H3,(H,16,19). The second kappa shape index (κ2) is 6.85. The zero-order chi connectivity index (χ0) is 14.5. The fourth-order valence-corrected chi connectivity index (χ4v) is 2.48. The lowest BCUT2D eigenvalue weighted by Crippen LogP contribution is -2.44. The Morgan fingerprint density at radius 3 is 3.00 bits per heavy atom. The van der Waals surface area contributed by atoms with Gasteiger partial charge in [-0.25, -0.2) is 0 Å². The molecule has 1 fully saturated rings. The molecule has 0 bridgehead atoms. The molecule has 0 radical (unpaired) electrons. The Hall–Kier alpha value is -1.40. The molecule has 2 N–H and O–H groups in total. The molecular formula is C14H24N4O2. The largest absolute Gasteiger partial charge is 0.379 e. The van der Waals surface area contributed by atoms with Gasteiger partial charge in [-0.15, -0.1) is 0 Å². The van der Waals surface area contributed by atoms with E-state index < -0.39 is 0 Å². The van der Waals surface area contributed by atoms with E-state index >= 15 is 0 Å². The van der Waals surface area contributed by atoms with Gasteiger partial charge in [-0.2, -0.15) is 5.10 Å². The van der Waals surface area contributed by atoms with E-state index in [-0.39, 0.29) is 17.9 Å². The first-order valence-electron chi connectivity index (χ1n) is 7.19. The molecule has 1 amide bonds. The van der Waals surface area contributed by atoms with Gasteiger partial charge in [0, 0.05) is 31.4 Å². The van der Waals surface area contributed by atoms with Gasteiger partial charge in [-0.1, -0.05) is 6.92 Å². The average molecular weight is 280 g/mol. The molecule has 6 nitrogen and oxygen atoms in total. The summed E-state index contributed by atoms with van der Waals surface area (Å²) in [7, 11) is 1.88. The number of hydrogen-bond donors (Lipinski definition) is 2. The lowest BCUT2D eigenvalue weighted by atomic mass is 10.0. The molecule has 2 unspecified atom stereocenters. The Morgan fingerprint density at radius 1 is 1.55 bits per heavy atom. The predicted molar refractivity (Wildman–Crippen MR) is 76.2 cm³/mol. The molecule has 0 spiro atoms. The van der Waals surface area contributed by atoms with Gasteiger partial charge in [0.2, 0.25) is 5.91 Å². The monoisotopic (exact) mass is 280 g/mol. The first kappa shape index (κ1) is 15.0. The van der Waals surface area contributed by atoms with Crippen LogP contribution in [0, 0.1) is 12.8 Å². The summed E-state index contributed by atoms with van der Waals surface area (Å²) in [4.78, 5) is 12.3. The van der Waals surface area contributed by atoms with E-state index in [0.717, 1.165) is 24.2 Å². The molecule has 0 aliphatic carbocycles. The van der Waals surface area contributed by atoms with Crippen LogP contribution in [0.4, 0.5) is 0 Å². The number of nitrogens with zero attached hydrogens (tertiary/aromatic N) is 2. The highest BCUT2D eigenvalue weighted by atomic mass is 16.5. The summed E-state index contributed by atoms with van der Waals surface area (Å²) in [6.45, 7) is 6.62. The van der Waals surface area contributed by atoms with Crippen molar-refractivity contribution in [2.24, 2.45) is 13.0 Å². The van der Waals surface area contributed by atoms with Crippen molar-refractivity contribution in [1.29, 1.82) is 0 Å². The third kappa shape index (κ3) is 3.58. The number of ether oxygens (including phenoxy) is 1. The molecule has 0 saturated carbocycles. The van der Waals surface area contributed by atoms with Crippen LogP contribution in [0.5, 0.6) is 0 Å². The van der Waals surface area contributed by atoms with Gasteiger partial charge >= 0.3 is 0 Å². The number of nitrogens with one attached hydrogen (secondary N) is 2. The quantitative estimate of drug-likeness (QED) is 0.789. The van der Waals surface area contributed by atoms with Crippen molar-refractivity contribution in [3.63, 3.8) is 0 Å². The summed E-state index contributed by atoms with van der Waals surface area (Å²) in [5.41, 5.74) is 2.01. The lowest BCUT2D eigenvalue weighted by Gasteiger charge is -2.18. The summed E-state index contributed by atoms with van der Waals surface area (Å²) >= 11 is 0. The second-order valence-corrected chi connectivity index (χ2v) is 5.34. The van der Waals surface area contributed by atoms with Crippen LogP contribution in [0.25, 0.3) is 0 Å². The molecule has 2 rings (SSSR count). The molecule has 6 heteroatoms. The van der Waals surface area contributed by atoms with Crippen molar-refractivity contribution in [2.45, 2.75) is 32.9 Å². The van der Waals surface area contributed by atoms with Crippen LogP contribution in [0.15, 0.2) is 6.20 Å². The molecule has 1 aliphatic rings. The first-order chi connectivity index (χ1) is 9.61. The summed E-state index contributed by atoms with van der Waals surface area (Å²) in [5.74, 6) is -0.0436. The molecule has 1 aromatic rings. The van der Waals surface area contributed by atoms with Gasteiger partial charge in [-0.3, -0.25) is 9.48 Å². The molecule has 1 aromatic heterocycles. The zero-order valence-electron chi connectivity index (χ0n) is 12.5. The van der Waals surface area contributed by atoms with Crippen LogP contribution in [0.3, 0.4) is 0 Å². The molecule has 20 heavy (non-hydrogen) atoms. The highest BCUT2D eigenvalue weighted by Crippen LogP contribution is 2.14. The van der Waals surface area contributed by atoms with E-state index in [1.54, 1.807) is 4.68 Å². The third-order valence-electron chi connectivity index (χ3n) is 3.64. The Labute approximate surface area is 119 Å². The highest BCUT2D eigenvalue weighted by molar-refractivity contribution is 5.79. The summed E-state index contributed by atoms with van der Waals surface area (Å²) in [6, 6.07) is 0.130. The topological polar surface area (TPSA) is 68.2 Å². The minimum atomic E-state index is -0.0986. The van der Waals surface area contributed by atoms with E-state index in [9.17, 15) is 4.79 Å². The van der Waals surface area contributed by atoms with Crippen LogP contribution >= 0.6 is 0 Å². The maximum atomic E-state index is 12.3. The Bertz CT molecular complexity index is 458. The number of aryl methyl sites for hydroxylation is 2. The molecule has 1 saturated heterocycles. The minimum Gasteiger partial charge on any atom is -0.379 e. The smallest absolute Gasteiger partial charge is 0.227 e. The number of carbonyl (C=O) groups is 1. The number of rotatable bonds is 6. The Balaban J connectivity index is 1.86. The van der Waals surface area contributed by atoms with E-state index in [2.05, 4.69) is 22.7 Å². The second-order valence-electron chi connectivity index (χ2n) is 5.34. The van der Waals surface area contributed by atoms with Crippen molar-refractivity contribution < 1.29 is 9.53 Å². The van der Waals surface area contributed by atoms with Crippen LogP contribution in [-0.4, -0.2) is 41.5 Å². The van der Waals surface area contributed by atoms with E-state index in [0.29, 0.717) is 19.8 Å². The SMILES string of the molecule is CCCNC1COCC1C(=O)NCc1cn(C)nc1C. The highest BCUT2D eigenvalue weighted by Gasteiger charge is 2.33. The molecule has 0 aromatic carbocycles. The van der Waals surface area contributed by atoms with Gasteiger partial charge in [0.1, 0.15) is 0 Å². The third-order valence-corrected chi connectivity index (χ3v) is 3.64. The van der Waals surface area contributed by atoms with Gasteiger partial charge in [0.15, 0.2) is 0 Å². The van der Waals surface area contributed by atoms with Crippen molar-refractivity contribution in [1.82, 2.24) is 20.4 Å². The normalized spacial score (nSPS) is 22.1. The van der Waals surface area contributed by atoms with Gasteiger partial charge in [0.25, 0.3) is 0 Å². The number of carbonyl (C=O) groups excluding carboxylic acids is 1. The molecule has 2 heterocycles. The Kier molecular flexibility index (Phi) is 5.14. The maximum Gasteiger partial charge on any atom is 0.227 e. The van der Waals surface area contributed by atoms with Crippen LogP contribution in [0.1, 0.15) is 24.6 Å². The summed E-state index contributed by atoms with van der Waals surface area (Å²) in [6.07, 6.45) is 2.99. The van der Waals surface area contributed by atoms with Gasteiger partial charge in [0.05, 0.1) is 24.8 Å². The first-order valence-corrected chi connectivity index (χ1v) is 7.19. The summed E-state index contributed by atoms with van der Waals surface area (Å²) in [5, 5.41) is 10.6. The molecule has 1 aliphatic heterocycles. The fraction of sp³-hybridized carbons (Fsp3) is 0.714. The van der Waals surface area contributed by atoms with E-state index in [1.165, 1.54) is 0 Å². The molecule has 2 atom stereocenters. The van der Waals surface area contributed by atoms with E-state index in [4.69, 9.17) is 4.74 Å². The lowest BCUT2D eigenvalue weighted by molar-refractivity contribution is -0.125. The number of aromatic nitrogens is 2. The van der Waals surface area contributed by atoms with E-state index in [1.807, 2.05) is 20.2 Å². The minimum absolute atomic E-state index is 0.0550. The predicted octanol–water partition coefficient (Wildman–Crippen LogP) is 0.359. The summed E-state index contributed by atoms with van der Waals surface area (Å²) < 4.78 is 7.19. The number of hydrogen-bond acceptors (Lipinski definition) is 4. The van der Waals surface area contributed by atoms with Crippen LogP contribution in [0.2, 0.25) is 0 Å².